The summed E-state index contributed by atoms with van der Waals surface area (Å²) in [4.78, 5) is 11.5. The van der Waals surface area contributed by atoms with Crippen LogP contribution >= 0.6 is 11.3 Å². The Labute approximate surface area is 196 Å². The van der Waals surface area contributed by atoms with Crippen LogP contribution in [0.15, 0.2) is 78.2 Å². The van der Waals surface area contributed by atoms with E-state index >= 15 is 0 Å². The molecule has 164 valence electrons. The summed E-state index contributed by atoms with van der Waals surface area (Å²) in [6.07, 6.45) is 8.63. The van der Waals surface area contributed by atoms with Crippen molar-refractivity contribution in [2.75, 3.05) is 5.43 Å². The van der Waals surface area contributed by atoms with Gasteiger partial charge in [0.2, 0.25) is 0 Å². The second-order valence-corrected chi connectivity index (χ2v) is 9.74. The summed E-state index contributed by atoms with van der Waals surface area (Å²) in [5.41, 5.74) is 6.95. The van der Waals surface area contributed by atoms with E-state index in [9.17, 15) is 5.11 Å². The monoisotopic (exact) mass is 452 g/mol. The van der Waals surface area contributed by atoms with Crippen LogP contribution in [0.25, 0.3) is 15.8 Å². The predicted octanol–water partition coefficient (Wildman–Crippen LogP) is 5.71. The molecule has 0 amide bonds. The molecule has 0 radical (unpaired) electrons. The highest BCUT2D eigenvalue weighted by molar-refractivity contribution is 7.19. The fourth-order valence-corrected chi connectivity index (χ4v) is 6.21. The molecule has 0 saturated carbocycles. The number of allylic oxidation sites excluding steroid dienone is 1. The standard InChI is InChI=1S/C27H24N4OS/c32-27(19-11-5-2-6-12-19)16-20(15-22(27)18-9-3-1-4-10-18)30-31-25-24-21-13-7-8-14-23(21)33-26(24)29-17-28-25/h1-6,9-12,15,17,32H,7-8,13-14,16H2,(H,28,29,31)/b30-20-/t27-/m0/s1. The van der Waals surface area contributed by atoms with Crippen molar-refractivity contribution < 1.29 is 5.11 Å². The predicted molar refractivity (Wildman–Crippen MR) is 134 cm³/mol. The first-order valence-corrected chi connectivity index (χ1v) is 12.2. The lowest BCUT2D eigenvalue weighted by Gasteiger charge is -2.27. The summed E-state index contributed by atoms with van der Waals surface area (Å²) in [6, 6.07) is 19.9. The minimum atomic E-state index is -1.13. The molecule has 5 nitrogen and oxygen atoms in total. The molecular weight excluding hydrogens is 428 g/mol. The first-order valence-electron chi connectivity index (χ1n) is 11.4. The Morgan fingerprint density at radius 3 is 2.52 bits per heavy atom. The van der Waals surface area contributed by atoms with Gasteiger partial charge in [0.1, 0.15) is 16.8 Å². The average molecular weight is 453 g/mol. The van der Waals surface area contributed by atoms with E-state index in [-0.39, 0.29) is 0 Å². The highest BCUT2D eigenvalue weighted by atomic mass is 32.1. The lowest BCUT2D eigenvalue weighted by molar-refractivity contribution is 0.113. The number of thiophene rings is 1. The van der Waals surface area contributed by atoms with Gasteiger partial charge in [0.15, 0.2) is 5.82 Å². The maximum Gasteiger partial charge on any atom is 0.158 e. The number of hydrazone groups is 1. The van der Waals surface area contributed by atoms with Crippen LogP contribution in [0.3, 0.4) is 0 Å². The molecule has 0 spiro atoms. The van der Waals surface area contributed by atoms with E-state index in [1.807, 2.05) is 66.7 Å². The Bertz CT molecular complexity index is 1380. The first-order chi connectivity index (χ1) is 16.2. The molecule has 2 heterocycles. The summed E-state index contributed by atoms with van der Waals surface area (Å²) in [5.74, 6) is 0.747. The van der Waals surface area contributed by atoms with Crippen LogP contribution in [-0.4, -0.2) is 20.8 Å². The van der Waals surface area contributed by atoms with Crippen molar-refractivity contribution in [3.8, 4) is 0 Å². The number of aliphatic hydroxyl groups is 1. The molecule has 6 rings (SSSR count). The van der Waals surface area contributed by atoms with E-state index in [1.54, 1.807) is 17.7 Å². The molecule has 0 fully saturated rings. The van der Waals surface area contributed by atoms with Crippen molar-refractivity contribution >= 4 is 38.7 Å². The molecule has 0 bridgehead atoms. The van der Waals surface area contributed by atoms with E-state index in [4.69, 9.17) is 5.10 Å². The second kappa shape index (κ2) is 8.21. The van der Waals surface area contributed by atoms with E-state index in [1.165, 1.54) is 23.3 Å². The lowest BCUT2D eigenvalue weighted by Crippen LogP contribution is -2.25. The zero-order chi connectivity index (χ0) is 22.3. The summed E-state index contributed by atoms with van der Waals surface area (Å²) in [6.45, 7) is 0. The summed E-state index contributed by atoms with van der Waals surface area (Å²) in [5, 5.41) is 17.7. The average Bonchev–Trinajstić information content (AvgIpc) is 3.42. The normalized spacial score (nSPS) is 21.2. The van der Waals surface area contributed by atoms with Crippen LogP contribution in [0.5, 0.6) is 0 Å². The Hall–Kier alpha value is -3.35. The molecule has 0 unspecified atom stereocenters. The third-order valence-corrected chi connectivity index (χ3v) is 7.79. The third-order valence-electron chi connectivity index (χ3n) is 6.59. The van der Waals surface area contributed by atoms with Gasteiger partial charge in [-0.15, -0.1) is 11.3 Å². The number of hydrogen-bond donors (Lipinski definition) is 2. The number of hydrogen-bond acceptors (Lipinski definition) is 6. The fourth-order valence-electron chi connectivity index (χ4n) is 4.98. The van der Waals surface area contributed by atoms with Gasteiger partial charge in [-0.3, -0.25) is 5.43 Å². The number of anilines is 1. The maximum absolute atomic E-state index is 11.8. The van der Waals surface area contributed by atoms with Crippen LogP contribution in [0, 0.1) is 0 Å². The van der Waals surface area contributed by atoms with E-state index in [2.05, 4.69) is 15.4 Å². The Morgan fingerprint density at radius 2 is 1.70 bits per heavy atom. The van der Waals surface area contributed by atoms with Gasteiger partial charge >= 0.3 is 0 Å². The van der Waals surface area contributed by atoms with Gasteiger partial charge in [0, 0.05) is 11.3 Å². The van der Waals surface area contributed by atoms with Crippen molar-refractivity contribution in [1.82, 2.24) is 9.97 Å². The Balaban J connectivity index is 1.39. The number of benzene rings is 2. The molecule has 2 N–H and O–H groups in total. The quantitative estimate of drug-likeness (QED) is 0.389. The molecule has 0 aliphatic heterocycles. The molecule has 2 aromatic heterocycles. The van der Waals surface area contributed by atoms with E-state index < -0.39 is 5.60 Å². The van der Waals surface area contributed by atoms with Crippen LogP contribution in [0.2, 0.25) is 0 Å². The van der Waals surface area contributed by atoms with Crippen molar-refractivity contribution in [3.05, 3.63) is 94.6 Å². The largest absolute Gasteiger partial charge is 0.380 e. The van der Waals surface area contributed by atoms with Crippen LogP contribution in [0.4, 0.5) is 5.82 Å². The summed E-state index contributed by atoms with van der Waals surface area (Å²) >= 11 is 1.78. The zero-order valence-corrected chi connectivity index (χ0v) is 19.0. The highest BCUT2D eigenvalue weighted by Gasteiger charge is 2.40. The topological polar surface area (TPSA) is 70.4 Å². The highest BCUT2D eigenvalue weighted by Crippen LogP contribution is 2.44. The Kier molecular flexibility index (Phi) is 5.04. The number of nitrogens with one attached hydrogen (secondary N) is 1. The smallest absolute Gasteiger partial charge is 0.158 e. The van der Waals surface area contributed by atoms with E-state index in [0.29, 0.717) is 6.42 Å². The molecule has 2 aromatic carbocycles. The number of rotatable bonds is 4. The van der Waals surface area contributed by atoms with Gasteiger partial charge in [-0.05, 0) is 54.0 Å². The van der Waals surface area contributed by atoms with Gasteiger partial charge in [0.25, 0.3) is 0 Å². The maximum atomic E-state index is 11.8. The number of nitrogens with zero attached hydrogens (tertiary/aromatic N) is 3. The number of aromatic nitrogens is 2. The molecule has 0 saturated heterocycles. The minimum absolute atomic E-state index is 0.393. The number of aryl methyl sites for hydroxylation is 2. The first kappa shape index (κ1) is 20.3. The van der Waals surface area contributed by atoms with Crippen LogP contribution < -0.4 is 5.43 Å². The van der Waals surface area contributed by atoms with E-state index in [0.717, 1.165) is 51.3 Å². The van der Waals surface area contributed by atoms with Crippen molar-refractivity contribution in [3.63, 3.8) is 0 Å². The third kappa shape index (κ3) is 3.56. The Morgan fingerprint density at radius 1 is 0.939 bits per heavy atom. The van der Waals surface area contributed by atoms with Gasteiger partial charge in [-0.1, -0.05) is 60.7 Å². The molecule has 2 aliphatic carbocycles. The van der Waals surface area contributed by atoms with Gasteiger partial charge in [-0.2, -0.15) is 5.10 Å². The van der Waals surface area contributed by atoms with Crippen molar-refractivity contribution in [2.24, 2.45) is 5.10 Å². The molecule has 2 aliphatic rings. The minimum Gasteiger partial charge on any atom is -0.380 e. The molecule has 33 heavy (non-hydrogen) atoms. The summed E-state index contributed by atoms with van der Waals surface area (Å²) < 4.78 is 0. The molecule has 6 heteroatoms. The van der Waals surface area contributed by atoms with Gasteiger partial charge in [-0.25, -0.2) is 9.97 Å². The van der Waals surface area contributed by atoms with Gasteiger partial charge in [0.05, 0.1) is 11.1 Å². The molecule has 1 atom stereocenters. The molecule has 4 aromatic rings. The fraction of sp³-hybridized carbons (Fsp3) is 0.222. The van der Waals surface area contributed by atoms with Gasteiger partial charge < -0.3 is 5.11 Å². The summed E-state index contributed by atoms with van der Waals surface area (Å²) in [7, 11) is 0. The lowest BCUT2D eigenvalue weighted by atomic mass is 9.84. The van der Waals surface area contributed by atoms with Crippen molar-refractivity contribution in [2.45, 2.75) is 37.7 Å². The SMILES string of the molecule is O[C@]1(c2ccccc2)C/C(=N\Nc2ncnc3sc4c(c23)CCCC4)C=C1c1ccccc1. The zero-order valence-electron chi connectivity index (χ0n) is 18.2. The second-order valence-electron chi connectivity index (χ2n) is 8.66. The molecular formula is C27H24N4OS. The van der Waals surface area contributed by atoms with Crippen LogP contribution in [0.1, 0.15) is 40.8 Å². The van der Waals surface area contributed by atoms with Crippen LogP contribution in [-0.2, 0) is 18.4 Å². The van der Waals surface area contributed by atoms with Crippen molar-refractivity contribution in [1.29, 1.82) is 0 Å². The number of fused-ring (bicyclic) bond motifs is 3.